The summed E-state index contributed by atoms with van der Waals surface area (Å²) >= 11 is 7.41. The van der Waals surface area contributed by atoms with E-state index in [9.17, 15) is 9.18 Å². The summed E-state index contributed by atoms with van der Waals surface area (Å²) in [5.41, 5.74) is 0.935. The van der Waals surface area contributed by atoms with Gasteiger partial charge < -0.3 is 0 Å². The van der Waals surface area contributed by atoms with Gasteiger partial charge >= 0.3 is 6.03 Å². The molecule has 0 fully saturated rings. The van der Waals surface area contributed by atoms with Crippen LogP contribution < -0.4 is 5.32 Å². The lowest BCUT2D eigenvalue weighted by Crippen LogP contribution is -2.29. The highest BCUT2D eigenvalue weighted by molar-refractivity contribution is 9.10. The molecule has 0 atom stereocenters. The van der Waals surface area contributed by atoms with Gasteiger partial charge in [0.05, 0.1) is 0 Å². The van der Waals surface area contributed by atoms with Gasteiger partial charge in [0.25, 0.3) is 0 Å². The zero-order valence-corrected chi connectivity index (χ0v) is 13.4. The molecule has 2 amide bonds. The molecule has 1 aromatic heterocycles. The van der Waals surface area contributed by atoms with E-state index < -0.39 is 0 Å². The molecule has 0 unspecified atom stereocenters. The first kappa shape index (κ1) is 15.8. The maximum absolute atomic E-state index is 12.8. The van der Waals surface area contributed by atoms with Crippen LogP contribution in [0.4, 0.5) is 15.0 Å². The molecule has 2 rings (SSSR count). The second kappa shape index (κ2) is 7.42. The highest BCUT2D eigenvalue weighted by Crippen LogP contribution is 2.12. The normalized spacial score (nSPS) is 10.2. The fourth-order valence-electron chi connectivity index (χ4n) is 1.61. The monoisotopic (exact) mass is 369 g/mol. The summed E-state index contributed by atoms with van der Waals surface area (Å²) in [6.07, 6.45) is 2.18. The molecular weight excluding hydrogens is 357 g/mol. The summed E-state index contributed by atoms with van der Waals surface area (Å²) in [5.74, 6) is 0.171. The molecular formula is C14H13BrFN3OS. The maximum atomic E-state index is 12.8. The zero-order valence-electron chi connectivity index (χ0n) is 11.0. The molecule has 7 heteroatoms. The number of benzene rings is 1. The Bertz CT molecular complexity index is 607. The zero-order chi connectivity index (χ0) is 15.2. The highest BCUT2D eigenvalue weighted by Gasteiger charge is 2.10. The van der Waals surface area contributed by atoms with Gasteiger partial charge in [0.15, 0.2) is 0 Å². The summed E-state index contributed by atoms with van der Waals surface area (Å²) in [6, 6.07) is 9.26. The number of carbonyl (C=O) groups is 1. The molecule has 0 bridgehead atoms. The second-order valence-corrected chi connectivity index (χ2v) is 5.69. The first-order valence-corrected chi connectivity index (χ1v) is 7.37. The lowest BCUT2D eigenvalue weighted by Gasteiger charge is -2.16. The quantitative estimate of drug-likeness (QED) is 0.802. The van der Waals surface area contributed by atoms with Gasteiger partial charge in [-0.25, -0.2) is 14.2 Å². The summed E-state index contributed by atoms with van der Waals surface area (Å²) in [6.45, 7) is 0.400. The number of hydrogen-bond donors (Lipinski definition) is 2. The minimum Gasteiger partial charge on any atom is -0.291 e. The number of pyridine rings is 1. The number of anilines is 1. The van der Waals surface area contributed by atoms with Crippen molar-refractivity contribution in [1.82, 2.24) is 9.29 Å². The average Bonchev–Trinajstić information content (AvgIpc) is 2.48. The molecule has 4 nitrogen and oxygen atoms in total. The van der Waals surface area contributed by atoms with Crippen molar-refractivity contribution in [1.29, 1.82) is 0 Å². The van der Waals surface area contributed by atoms with E-state index in [0.717, 1.165) is 10.0 Å². The van der Waals surface area contributed by atoms with Gasteiger partial charge in [-0.05, 0) is 52.2 Å². The van der Waals surface area contributed by atoms with E-state index in [4.69, 9.17) is 0 Å². The van der Waals surface area contributed by atoms with Gasteiger partial charge in [-0.15, -0.1) is 0 Å². The Morgan fingerprint density at radius 3 is 2.62 bits per heavy atom. The minimum absolute atomic E-state index is 0.277. The predicted molar refractivity (Wildman–Crippen MR) is 86.8 cm³/mol. The van der Waals surface area contributed by atoms with E-state index in [-0.39, 0.29) is 11.8 Å². The van der Waals surface area contributed by atoms with Crippen LogP contribution in [0.15, 0.2) is 47.1 Å². The van der Waals surface area contributed by atoms with E-state index >= 15 is 0 Å². The lowest BCUT2D eigenvalue weighted by molar-refractivity contribution is 0.239. The number of nitrogens with one attached hydrogen (secondary N) is 1. The Hall–Kier alpha value is -1.60. The van der Waals surface area contributed by atoms with Crippen LogP contribution in [0.5, 0.6) is 0 Å². The smallest absolute Gasteiger partial charge is 0.291 e. The number of nitrogens with zero attached hydrogens (tertiary/aromatic N) is 2. The molecule has 0 saturated heterocycles. The summed E-state index contributed by atoms with van der Waals surface area (Å²) < 4.78 is 14.9. The van der Waals surface area contributed by atoms with Crippen molar-refractivity contribution in [2.45, 2.75) is 6.42 Å². The molecule has 0 spiro atoms. The molecule has 21 heavy (non-hydrogen) atoms. The van der Waals surface area contributed by atoms with Gasteiger partial charge in [0.1, 0.15) is 11.6 Å². The van der Waals surface area contributed by atoms with Crippen molar-refractivity contribution in [2.24, 2.45) is 0 Å². The minimum atomic E-state index is -0.365. The van der Waals surface area contributed by atoms with Crippen LogP contribution in [-0.4, -0.2) is 21.9 Å². The third-order valence-corrected chi connectivity index (χ3v) is 3.57. The summed E-state index contributed by atoms with van der Waals surface area (Å²) in [7, 11) is 0. The van der Waals surface area contributed by atoms with Crippen LogP contribution in [0.25, 0.3) is 0 Å². The van der Waals surface area contributed by atoms with Crippen LogP contribution in [0.2, 0.25) is 0 Å². The van der Waals surface area contributed by atoms with Gasteiger partial charge in [-0.1, -0.05) is 24.9 Å². The molecule has 0 saturated carbocycles. The number of amides is 2. The third kappa shape index (κ3) is 5.02. The predicted octanol–water partition coefficient (Wildman–Crippen LogP) is 3.90. The number of thiol groups is 1. The fourth-order valence-corrected chi connectivity index (χ4v) is 2.00. The summed E-state index contributed by atoms with van der Waals surface area (Å²) in [4.78, 5) is 15.9. The van der Waals surface area contributed by atoms with Crippen molar-refractivity contribution in [3.63, 3.8) is 0 Å². The first-order chi connectivity index (χ1) is 10.0. The first-order valence-electron chi connectivity index (χ1n) is 6.18. The van der Waals surface area contributed by atoms with Gasteiger partial charge in [-0.2, -0.15) is 0 Å². The summed E-state index contributed by atoms with van der Waals surface area (Å²) in [5, 5.41) is 2.63. The maximum Gasteiger partial charge on any atom is 0.332 e. The van der Waals surface area contributed by atoms with E-state index in [2.05, 4.69) is 39.0 Å². The number of carbonyl (C=O) groups excluding carboxylic acids is 1. The third-order valence-electron chi connectivity index (χ3n) is 2.72. The number of halogens is 2. The van der Waals surface area contributed by atoms with E-state index in [1.807, 2.05) is 0 Å². The molecule has 1 heterocycles. The molecule has 2 aromatic rings. The van der Waals surface area contributed by atoms with Crippen LogP contribution >= 0.6 is 28.7 Å². The van der Waals surface area contributed by atoms with Crippen molar-refractivity contribution in [3.05, 3.63) is 58.4 Å². The van der Waals surface area contributed by atoms with Crippen LogP contribution in [0, 0.1) is 5.82 Å². The molecule has 0 radical (unpaired) electrons. The van der Waals surface area contributed by atoms with Gasteiger partial charge in [-0.3, -0.25) is 9.62 Å². The van der Waals surface area contributed by atoms with Crippen LogP contribution in [-0.2, 0) is 6.42 Å². The van der Waals surface area contributed by atoms with Gasteiger partial charge in [0, 0.05) is 17.2 Å². The van der Waals surface area contributed by atoms with E-state index in [1.54, 1.807) is 30.5 Å². The van der Waals surface area contributed by atoms with Crippen molar-refractivity contribution < 1.29 is 9.18 Å². The van der Waals surface area contributed by atoms with Crippen LogP contribution in [0.3, 0.4) is 0 Å². The highest BCUT2D eigenvalue weighted by atomic mass is 79.9. The Morgan fingerprint density at radius 2 is 2.00 bits per heavy atom. The average molecular weight is 370 g/mol. The fraction of sp³-hybridized carbons (Fsp3) is 0.143. The molecule has 0 aliphatic carbocycles. The molecule has 0 aliphatic rings. The number of hydrogen-bond acceptors (Lipinski definition) is 3. The Labute approximate surface area is 136 Å². The topological polar surface area (TPSA) is 45.2 Å². The second-order valence-electron chi connectivity index (χ2n) is 4.29. The van der Waals surface area contributed by atoms with Crippen molar-refractivity contribution >= 4 is 40.6 Å². The standard InChI is InChI=1S/C14H13BrFN3OS/c15-11-3-6-13(17-9-11)18-14(20)19(21)8-7-10-1-4-12(16)5-2-10/h1-6,9,21H,7-8H2,(H,17,18,20). The van der Waals surface area contributed by atoms with E-state index in [1.165, 1.54) is 16.4 Å². The molecule has 1 aromatic carbocycles. The number of urea groups is 1. The molecule has 1 N–H and O–H groups in total. The van der Waals surface area contributed by atoms with Crippen molar-refractivity contribution in [2.75, 3.05) is 11.9 Å². The Balaban J connectivity index is 1.84. The Kier molecular flexibility index (Phi) is 5.58. The SMILES string of the molecule is O=C(Nc1ccc(Br)cn1)N(S)CCc1ccc(F)cc1. The largest absolute Gasteiger partial charge is 0.332 e. The van der Waals surface area contributed by atoms with Crippen molar-refractivity contribution in [3.8, 4) is 0 Å². The van der Waals surface area contributed by atoms with Crippen LogP contribution in [0.1, 0.15) is 5.56 Å². The molecule has 0 aliphatic heterocycles. The Morgan fingerprint density at radius 1 is 1.29 bits per heavy atom. The van der Waals surface area contributed by atoms with E-state index in [0.29, 0.717) is 18.8 Å². The number of aromatic nitrogens is 1. The molecule has 110 valence electrons. The van der Waals surface area contributed by atoms with Gasteiger partial charge in [0.2, 0.25) is 0 Å². The number of rotatable bonds is 4. The lowest BCUT2D eigenvalue weighted by atomic mass is 10.1.